The van der Waals surface area contributed by atoms with Crippen molar-refractivity contribution in [1.82, 2.24) is 5.32 Å². The van der Waals surface area contributed by atoms with Gasteiger partial charge in [-0.2, -0.15) is 0 Å². The third-order valence-corrected chi connectivity index (χ3v) is 3.00. The van der Waals surface area contributed by atoms with Gasteiger partial charge in [0.2, 0.25) is 0 Å². The van der Waals surface area contributed by atoms with E-state index in [0.717, 1.165) is 12.5 Å². The minimum absolute atomic E-state index is 0.375. The average molecular weight is 140 g/mol. The molecule has 10 heavy (non-hydrogen) atoms. The maximum Gasteiger partial charge on any atom is 0.0332 e. The van der Waals surface area contributed by atoms with Crippen molar-refractivity contribution in [3.63, 3.8) is 0 Å². The second-order valence-electron chi connectivity index (χ2n) is 3.66. The average Bonchev–Trinajstić information content (AvgIpc) is 2.71. The fourth-order valence-corrected chi connectivity index (χ4v) is 2.15. The Morgan fingerprint density at radius 3 is 2.70 bits per heavy atom. The molecule has 0 radical (unpaired) electrons. The first kappa shape index (κ1) is 6.62. The maximum atomic E-state index is 5.75. The molecule has 1 unspecified atom stereocenters. The van der Waals surface area contributed by atoms with Crippen molar-refractivity contribution < 1.29 is 0 Å². The highest BCUT2D eigenvalue weighted by molar-refractivity contribution is 5.04. The van der Waals surface area contributed by atoms with Crippen molar-refractivity contribution in [1.29, 1.82) is 0 Å². The number of hydrogen-bond acceptors (Lipinski definition) is 2. The molecule has 1 atom stereocenters. The van der Waals surface area contributed by atoms with E-state index in [0.29, 0.717) is 5.54 Å². The molecule has 3 N–H and O–H groups in total. The van der Waals surface area contributed by atoms with Gasteiger partial charge in [-0.25, -0.2) is 0 Å². The number of nitrogens with two attached hydrogens (primary N) is 1. The summed E-state index contributed by atoms with van der Waals surface area (Å²) in [7, 11) is 0. The molecule has 0 spiro atoms. The molecule has 2 fully saturated rings. The van der Waals surface area contributed by atoms with E-state index in [-0.39, 0.29) is 0 Å². The van der Waals surface area contributed by atoms with E-state index < -0.39 is 0 Å². The number of hydrogen-bond donors (Lipinski definition) is 2. The lowest BCUT2D eigenvalue weighted by atomic mass is 9.92. The van der Waals surface area contributed by atoms with Crippen LogP contribution in [0.2, 0.25) is 0 Å². The normalized spacial score (nSPS) is 40.5. The van der Waals surface area contributed by atoms with Crippen molar-refractivity contribution in [2.45, 2.75) is 31.2 Å². The largest absolute Gasteiger partial charge is 0.329 e. The van der Waals surface area contributed by atoms with Gasteiger partial charge < -0.3 is 11.1 Å². The summed E-state index contributed by atoms with van der Waals surface area (Å²) in [6.07, 6.45) is 5.45. The minimum atomic E-state index is 0.375. The highest BCUT2D eigenvalue weighted by Gasteiger charge is 2.45. The Balaban J connectivity index is 2.04. The highest BCUT2D eigenvalue weighted by Crippen LogP contribution is 2.43. The first-order valence-corrected chi connectivity index (χ1v) is 4.32. The second-order valence-corrected chi connectivity index (χ2v) is 3.66. The van der Waals surface area contributed by atoms with Crippen molar-refractivity contribution in [3.8, 4) is 0 Å². The molecule has 0 amide bonds. The molecule has 2 nitrogen and oxygen atoms in total. The van der Waals surface area contributed by atoms with Gasteiger partial charge in [-0.05, 0) is 38.1 Å². The van der Waals surface area contributed by atoms with Crippen LogP contribution in [-0.2, 0) is 0 Å². The molecule has 1 saturated carbocycles. The first-order valence-electron chi connectivity index (χ1n) is 4.32. The van der Waals surface area contributed by atoms with Crippen LogP contribution in [0, 0.1) is 5.92 Å². The Morgan fingerprint density at radius 1 is 1.50 bits per heavy atom. The van der Waals surface area contributed by atoms with Crippen molar-refractivity contribution in [3.05, 3.63) is 0 Å². The second kappa shape index (κ2) is 2.21. The lowest BCUT2D eigenvalue weighted by Crippen LogP contribution is -2.48. The zero-order chi connectivity index (χ0) is 7.03. The van der Waals surface area contributed by atoms with E-state index in [2.05, 4.69) is 5.32 Å². The van der Waals surface area contributed by atoms with Gasteiger partial charge in [-0.1, -0.05) is 0 Å². The molecule has 1 aliphatic carbocycles. The summed E-state index contributed by atoms with van der Waals surface area (Å²) in [6.45, 7) is 2.03. The van der Waals surface area contributed by atoms with E-state index in [4.69, 9.17) is 5.73 Å². The van der Waals surface area contributed by atoms with E-state index in [1.807, 2.05) is 0 Å². The lowest BCUT2D eigenvalue weighted by molar-refractivity contribution is 0.336. The molecule has 1 saturated heterocycles. The summed E-state index contributed by atoms with van der Waals surface area (Å²) in [5, 5.41) is 3.56. The van der Waals surface area contributed by atoms with Gasteiger partial charge in [-0.15, -0.1) is 0 Å². The van der Waals surface area contributed by atoms with E-state index >= 15 is 0 Å². The minimum Gasteiger partial charge on any atom is -0.329 e. The summed E-state index contributed by atoms with van der Waals surface area (Å²) in [6, 6.07) is 0. The van der Waals surface area contributed by atoms with Crippen LogP contribution in [0.4, 0.5) is 0 Å². The quantitative estimate of drug-likeness (QED) is 0.585. The van der Waals surface area contributed by atoms with Crippen LogP contribution < -0.4 is 11.1 Å². The molecular formula is C8H16N2. The van der Waals surface area contributed by atoms with Crippen LogP contribution in [0.25, 0.3) is 0 Å². The monoisotopic (exact) mass is 140 g/mol. The van der Waals surface area contributed by atoms with Crippen LogP contribution >= 0.6 is 0 Å². The molecule has 2 heteroatoms. The fourth-order valence-electron chi connectivity index (χ4n) is 2.15. The van der Waals surface area contributed by atoms with Gasteiger partial charge in [0.15, 0.2) is 0 Å². The van der Waals surface area contributed by atoms with Crippen LogP contribution in [-0.4, -0.2) is 18.6 Å². The molecule has 0 aromatic rings. The highest BCUT2D eigenvalue weighted by atomic mass is 15.0. The lowest BCUT2D eigenvalue weighted by Gasteiger charge is -2.27. The van der Waals surface area contributed by atoms with E-state index in [1.54, 1.807) is 0 Å². The predicted octanol–water partition coefficient (Wildman–Crippen LogP) is 0.477. The summed E-state index contributed by atoms with van der Waals surface area (Å²) in [5.74, 6) is 0.917. The van der Waals surface area contributed by atoms with Gasteiger partial charge in [0.05, 0.1) is 0 Å². The van der Waals surface area contributed by atoms with Gasteiger partial charge in [-0.3, -0.25) is 0 Å². The molecule has 1 aliphatic heterocycles. The molecule has 58 valence electrons. The van der Waals surface area contributed by atoms with Crippen LogP contribution in [0.15, 0.2) is 0 Å². The summed E-state index contributed by atoms with van der Waals surface area (Å²) < 4.78 is 0. The maximum absolute atomic E-state index is 5.75. The zero-order valence-corrected chi connectivity index (χ0v) is 6.40. The molecular weight excluding hydrogens is 124 g/mol. The summed E-state index contributed by atoms with van der Waals surface area (Å²) in [5.41, 5.74) is 6.12. The van der Waals surface area contributed by atoms with E-state index in [1.165, 1.54) is 32.2 Å². The molecule has 0 bridgehead atoms. The standard InChI is InChI=1S/C8H16N2/c9-6-8(7-2-3-7)4-1-5-10-8/h7,10H,1-6,9H2. The van der Waals surface area contributed by atoms with Crippen LogP contribution in [0.1, 0.15) is 25.7 Å². The Labute approximate surface area is 62.2 Å². The first-order chi connectivity index (χ1) is 4.87. The molecule has 2 aliphatic rings. The van der Waals surface area contributed by atoms with Crippen molar-refractivity contribution in [2.24, 2.45) is 11.7 Å². The van der Waals surface area contributed by atoms with Crippen molar-refractivity contribution >= 4 is 0 Å². The molecule has 0 aromatic heterocycles. The summed E-state index contributed by atoms with van der Waals surface area (Å²) >= 11 is 0. The predicted molar refractivity (Wildman–Crippen MR) is 41.7 cm³/mol. The van der Waals surface area contributed by atoms with E-state index in [9.17, 15) is 0 Å². The Hall–Kier alpha value is -0.0800. The third kappa shape index (κ3) is 0.867. The van der Waals surface area contributed by atoms with Gasteiger partial charge in [0.1, 0.15) is 0 Å². The molecule has 1 heterocycles. The third-order valence-electron chi connectivity index (χ3n) is 3.00. The summed E-state index contributed by atoms with van der Waals surface area (Å²) in [4.78, 5) is 0. The fraction of sp³-hybridized carbons (Fsp3) is 1.00. The Morgan fingerprint density at radius 2 is 2.30 bits per heavy atom. The zero-order valence-electron chi connectivity index (χ0n) is 6.40. The molecule has 0 aromatic carbocycles. The van der Waals surface area contributed by atoms with Crippen LogP contribution in [0.3, 0.4) is 0 Å². The topological polar surface area (TPSA) is 38.0 Å². The number of rotatable bonds is 2. The van der Waals surface area contributed by atoms with Gasteiger partial charge in [0, 0.05) is 12.1 Å². The SMILES string of the molecule is NCC1(C2CC2)CCCN1. The van der Waals surface area contributed by atoms with Gasteiger partial charge in [0.25, 0.3) is 0 Å². The number of nitrogens with one attached hydrogen (secondary N) is 1. The van der Waals surface area contributed by atoms with Crippen molar-refractivity contribution in [2.75, 3.05) is 13.1 Å². The van der Waals surface area contributed by atoms with Crippen LogP contribution in [0.5, 0.6) is 0 Å². The smallest absolute Gasteiger partial charge is 0.0332 e. The molecule has 2 rings (SSSR count). The Kier molecular flexibility index (Phi) is 1.46. The Bertz CT molecular complexity index is 123. The van der Waals surface area contributed by atoms with Gasteiger partial charge >= 0.3 is 0 Å².